The topological polar surface area (TPSA) is 30.7 Å². The first-order valence-corrected chi connectivity index (χ1v) is 17.4. The quantitative estimate of drug-likeness (QED) is 0.190. The van der Waals surface area contributed by atoms with Crippen molar-refractivity contribution < 1.29 is 0 Å². The average Bonchev–Trinajstić information content (AvgIpc) is 3.49. The van der Waals surface area contributed by atoms with E-state index >= 15 is 0 Å². The van der Waals surface area contributed by atoms with Crippen LogP contribution in [0.3, 0.4) is 0 Å². The SMILES string of the molecule is c1ccc(-c2cc(-c3ccc4ccccc4c3)nc(-c3ccccc3-n3c4cccc5c4c4c6c(cccc6ccc43)-c3ccccc3-5)n2)cc1. The van der Waals surface area contributed by atoms with E-state index in [9.17, 15) is 0 Å². The van der Waals surface area contributed by atoms with E-state index in [1.807, 2.05) is 6.07 Å². The minimum absolute atomic E-state index is 0.695. The highest BCUT2D eigenvalue weighted by atomic mass is 15.0. The van der Waals surface area contributed by atoms with Crippen molar-refractivity contribution in [1.29, 1.82) is 0 Å². The Labute approximate surface area is 294 Å². The third-order valence-electron chi connectivity index (χ3n) is 10.5. The molecule has 0 unspecified atom stereocenters. The molecule has 0 N–H and O–H groups in total. The first-order valence-electron chi connectivity index (χ1n) is 17.4. The highest BCUT2D eigenvalue weighted by Gasteiger charge is 2.25. The number of nitrogens with zero attached hydrogens (tertiary/aromatic N) is 3. The molecule has 2 heterocycles. The zero-order valence-corrected chi connectivity index (χ0v) is 27.6. The Kier molecular flexibility index (Phi) is 5.96. The zero-order chi connectivity index (χ0) is 33.5. The van der Waals surface area contributed by atoms with Gasteiger partial charge >= 0.3 is 0 Å². The molecule has 0 fully saturated rings. The second-order valence-electron chi connectivity index (χ2n) is 13.4. The Hall–Kier alpha value is -6.84. The number of hydrogen-bond acceptors (Lipinski definition) is 2. The van der Waals surface area contributed by atoms with Crippen LogP contribution >= 0.6 is 0 Å². The van der Waals surface area contributed by atoms with Crippen molar-refractivity contribution in [3.63, 3.8) is 0 Å². The molecule has 1 aliphatic rings. The Morgan fingerprint density at radius 1 is 0.333 bits per heavy atom. The lowest BCUT2D eigenvalue weighted by Gasteiger charge is -2.16. The summed E-state index contributed by atoms with van der Waals surface area (Å²) in [7, 11) is 0. The van der Waals surface area contributed by atoms with Crippen molar-refractivity contribution in [2.45, 2.75) is 0 Å². The number of para-hydroxylation sites is 1. The van der Waals surface area contributed by atoms with Crippen LogP contribution < -0.4 is 0 Å². The van der Waals surface area contributed by atoms with Crippen molar-refractivity contribution >= 4 is 43.4 Å². The maximum atomic E-state index is 5.33. The van der Waals surface area contributed by atoms with Gasteiger partial charge in [0.25, 0.3) is 0 Å². The van der Waals surface area contributed by atoms with E-state index in [4.69, 9.17) is 9.97 Å². The Balaban J connectivity index is 1.21. The van der Waals surface area contributed by atoms with Gasteiger partial charge in [-0.3, -0.25) is 0 Å². The lowest BCUT2D eigenvalue weighted by Crippen LogP contribution is -2.01. The summed E-state index contributed by atoms with van der Waals surface area (Å²) in [5.74, 6) is 0.695. The Morgan fingerprint density at radius 2 is 0.922 bits per heavy atom. The highest BCUT2D eigenvalue weighted by Crippen LogP contribution is 2.50. The van der Waals surface area contributed by atoms with Crippen LogP contribution in [-0.4, -0.2) is 14.5 Å². The van der Waals surface area contributed by atoms with Crippen LogP contribution in [0.5, 0.6) is 0 Å². The van der Waals surface area contributed by atoms with Crippen molar-refractivity contribution in [3.05, 3.63) is 176 Å². The largest absolute Gasteiger partial charge is 0.308 e. The van der Waals surface area contributed by atoms with Crippen LogP contribution in [0.15, 0.2) is 176 Å². The van der Waals surface area contributed by atoms with E-state index in [2.05, 4.69) is 174 Å². The van der Waals surface area contributed by atoms with Gasteiger partial charge < -0.3 is 4.57 Å². The smallest absolute Gasteiger partial charge is 0.162 e. The van der Waals surface area contributed by atoms with Crippen molar-refractivity contribution in [1.82, 2.24) is 14.5 Å². The van der Waals surface area contributed by atoms with Crippen LogP contribution in [0.4, 0.5) is 0 Å². The third-order valence-corrected chi connectivity index (χ3v) is 10.5. The fraction of sp³-hybridized carbons (Fsp3) is 0. The molecule has 0 bridgehead atoms. The molecule has 11 rings (SSSR count). The standard InChI is InChI=1S/C48H29N3/c1-2-13-31(14-3-1)40-29-41(34-25-24-30-12-4-5-15-33(30)28-34)50-48(49-40)39-19-8-9-22-42(39)51-43-23-11-21-38-36-18-7-6-17-35(36)37-20-10-16-32-26-27-44(51)47(45(32)37)46(38)43/h1-29H. The van der Waals surface area contributed by atoms with Gasteiger partial charge in [0.1, 0.15) is 0 Å². The molecular weight excluding hydrogens is 619 g/mol. The molecule has 0 radical (unpaired) electrons. The summed E-state index contributed by atoms with van der Waals surface area (Å²) in [6.07, 6.45) is 0. The number of hydrogen-bond donors (Lipinski definition) is 0. The Morgan fingerprint density at radius 3 is 1.75 bits per heavy atom. The van der Waals surface area contributed by atoms with Crippen molar-refractivity contribution in [2.24, 2.45) is 0 Å². The predicted octanol–water partition coefficient (Wildman–Crippen LogP) is 12.5. The number of rotatable bonds is 4. The average molecular weight is 648 g/mol. The number of fused-ring (bicyclic) bond motifs is 4. The van der Waals surface area contributed by atoms with Gasteiger partial charge in [0, 0.05) is 27.5 Å². The van der Waals surface area contributed by atoms with Gasteiger partial charge in [-0.15, -0.1) is 0 Å². The molecule has 10 aromatic rings. The maximum Gasteiger partial charge on any atom is 0.162 e. The summed E-state index contributed by atoms with van der Waals surface area (Å²) in [6, 6.07) is 63.1. The van der Waals surface area contributed by atoms with E-state index in [1.54, 1.807) is 0 Å². The molecule has 0 amide bonds. The normalized spacial score (nSPS) is 11.9. The van der Waals surface area contributed by atoms with E-state index in [1.165, 1.54) is 65.6 Å². The minimum Gasteiger partial charge on any atom is -0.308 e. The number of aromatic nitrogens is 3. The summed E-state index contributed by atoms with van der Waals surface area (Å²) >= 11 is 0. The molecule has 1 aliphatic carbocycles. The van der Waals surface area contributed by atoms with E-state index < -0.39 is 0 Å². The maximum absolute atomic E-state index is 5.33. The lowest BCUT2D eigenvalue weighted by atomic mass is 9.93. The third kappa shape index (κ3) is 4.19. The van der Waals surface area contributed by atoms with Crippen LogP contribution in [0.1, 0.15) is 0 Å². The van der Waals surface area contributed by atoms with Gasteiger partial charge in [-0.25, -0.2) is 9.97 Å². The van der Waals surface area contributed by atoms with E-state index in [0.29, 0.717) is 5.82 Å². The first kappa shape index (κ1) is 28.0. The molecular formula is C48H29N3. The van der Waals surface area contributed by atoms with Crippen LogP contribution in [0.2, 0.25) is 0 Å². The molecule has 2 aromatic heterocycles. The monoisotopic (exact) mass is 647 g/mol. The van der Waals surface area contributed by atoms with Crippen LogP contribution in [-0.2, 0) is 0 Å². The van der Waals surface area contributed by atoms with Gasteiger partial charge in [-0.05, 0) is 80.2 Å². The van der Waals surface area contributed by atoms with Gasteiger partial charge in [0.15, 0.2) is 5.82 Å². The molecule has 0 atom stereocenters. The fourth-order valence-corrected chi connectivity index (χ4v) is 8.27. The van der Waals surface area contributed by atoms with Crippen molar-refractivity contribution in [2.75, 3.05) is 0 Å². The zero-order valence-electron chi connectivity index (χ0n) is 27.6. The van der Waals surface area contributed by atoms with Gasteiger partial charge in [-0.2, -0.15) is 0 Å². The second kappa shape index (κ2) is 10.8. The second-order valence-corrected chi connectivity index (χ2v) is 13.4. The summed E-state index contributed by atoms with van der Waals surface area (Å²) in [5, 5.41) is 7.51. The molecule has 236 valence electrons. The molecule has 0 aliphatic heterocycles. The van der Waals surface area contributed by atoms with E-state index in [-0.39, 0.29) is 0 Å². The Bertz CT molecular complexity index is 3030. The van der Waals surface area contributed by atoms with E-state index in [0.717, 1.165) is 33.8 Å². The molecule has 3 heteroatoms. The minimum atomic E-state index is 0.695. The summed E-state index contributed by atoms with van der Waals surface area (Å²) in [6.45, 7) is 0. The van der Waals surface area contributed by atoms with Gasteiger partial charge in [-0.1, -0.05) is 140 Å². The molecule has 0 saturated heterocycles. The molecule has 8 aromatic carbocycles. The van der Waals surface area contributed by atoms with Crippen LogP contribution in [0.25, 0.3) is 105 Å². The highest BCUT2D eigenvalue weighted by molar-refractivity contribution is 6.30. The molecule has 51 heavy (non-hydrogen) atoms. The fourth-order valence-electron chi connectivity index (χ4n) is 8.27. The summed E-state index contributed by atoms with van der Waals surface area (Å²) in [4.78, 5) is 10.6. The molecule has 0 saturated carbocycles. The van der Waals surface area contributed by atoms with Crippen LogP contribution in [0, 0.1) is 0 Å². The number of benzene rings is 8. The lowest BCUT2D eigenvalue weighted by molar-refractivity contribution is 1.14. The summed E-state index contributed by atoms with van der Waals surface area (Å²) < 4.78 is 2.43. The molecule has 0 spiro atoms. The van der Waals surface area contributed by atoms with Gasteiger partial charge in [0.2, 0.25) is 0 Å². The van der Waals surface area contributed by atoms with Gasteiger partial charge in [0.05, 0.1) is 28.1 Å². The van der Waals surface area contributed by atoms with Crippen molar-refractivity contribution in [3.8, 4) is 61.8 Å². The first-order chi connectivity index (χ1) is 25.3. The predicted molar refractivity (Wildman–Crippen MR) is 212 cm³/mol. The molecule has 3 nitrogen and oxygen atoms in total. The summed E-state index contributed by atoms with van der Waals surface area (Å²) in [5.41, 5.74) is 13.4.